The van der Waals surface area contributed by atoms with Gasteiger partial charge in [0.1, 0.15) is 19.3 Å². The van der Waals surface area contributed by atoms with Crippen LogP contribution in [0.5, 0.6) is 0 Å². The van der Waals surface area contributed by atoms with Crippen molar-refractivity contribution in [2.75, 3.05) is 39.6 Å². The van der Waals surface area contributed by atoms with Crippen LogP contribution in [-0.2, 0) is 65.4 Å². The first kappa shape index (κ1) is 85.1. The van der Waals surface area contributed by atoms with E-state index in [-0.39, 0.29) is 25.7 Å². The van der Waals surface area contributed by atoms with E-state index in [1.54, 1.807) is 0 Å². The molecule has 0 aromatic heterocycles. The van der Waals surface area contributed by atoms with E-state index in [4.69, 9.17) is 37.0 Å². The van der Waals surface area contributed by atoms with Crippen molar-refractivity contribution >= 4 is 39.5 Å². The fraction of sp³-hybridized carbons (Fsp3) is 0.941. The number of ether oxygens (including phenoxy) is 4. The molecule has 0 aliphatic heterocycles. The second-order valence-corrected chi connectivity index (χ2v) is 27.9. The number of aliphatic hydroxyl groups is 1. The molecule has 0 aromatic rings. The molecule has 0 rings (SSSR count). The highest BCUT2D eigenvalue weighted by molar-refractivity contribution is 7.47. The van der Waals surface area contributed by atoms with Crippen molar-refractivity contribution in [3.63, 3.8) is 0 Å². The minimum atomic E-state index is -4.95. The third-order valence-corrected chi connectivity index (χ3v) is 17.7. The standard InChI is InChI=1S/C68H132O17P2/c1-6-9-12-15-17-19-21-23-25-27-29-31-33-38-43-48-53-67(72)85-64(58-79-66(71)52-47-42-37-32-30-28-26-24-22-20-18-16-13-10-7-2)60-83-87(76,77)81-56-62(69)55-80-86(74,75)82-59-63(57-78-65(70)51-46-40-14-11-8-3)84-68(73)54-49-44-39-35-34-36-41-45-50-61(4)5/h61-64,69H,6-60H2,1-5H3,(H,74,75)(H,76,77)/t62-,63+,64+/m0/s1. The van der Waals surface area contributed by atoms with Crippen molar-refractivity contribution in [2.24, 2.45) is 5.92 Å². The lowest BCUT2D eigenvalue weighted by molar-refractivity contribution is -0.161. The fourth-order valence-corrected chi connectivity index (χ4v) is 11.9. The molecule has 0 bridgehead atoms. The molecule has 0 amide bonds. The van der Waals surface area contributed by atoms with E-state index in [2.05, 4.69) is 34.6 Å². The van der Waals surface area contributed by atoms with Gasteiger partial charge in [0.05, 0.1) is 26.4 Å². The third kappa shape index (κ3) is 62.6. The Balaban J connectivity index is 5.16. The van der Waals surface area contributed by atoms with Crippen LogP contribution in [0, 0.1) is 5.92 Å². The average Bonchev–Trinajstić information content (AvgIpc) is 3.66. The molecule has 2 unspecified atom stereocenters. The molecule has 0 aliphatic rings. The summed E-state index contributed by atoms with van der Waals surface area (Å²) in [5.74, 6) is -1.42. The summed E-state index contributed by atoms with van der Waals surface area (Å²) in [4.78, 5) is 72.2. The Morgan fingerprint density at radius 3 is 0.782 bits per heavy atom. The molecule has 3 N–H and O–H groups in total. The Labute approximate surface area is 530 Å². The maximum absolute atomic E-state index is 13.0. The van der Waals surface area contributed by atoms with Gasteiger partial charge in [-0.1, -0.05) is 298 Å². The number of hydrogen-bond donors (Lipinski definition) is 3. The molecule has 0 radical (unpaired) electrons. The van der Waals surface area contributed by atoms with Crippen LogP contribution in [0.1, 0.15) is 349 Å². The lowest BCUT2D eigenvalue weighted by Crippen LogP contribution is -2.30. The van der Waals surface area contributed by atoms with Crippen LogP contribution >= 0.6 is 15.6 Å². The highest BCUT2D eigenvalue weighted by Gasteiger charge is 2.30. The second kappa shape index (κ2) is 61.6. The summed E-state index contributed by atoms with van der Waals surface area (Å²) in [6.45, 7) is 7.11. The predicted octanol–water partition coefficient (Wildman–Crippen LogP) is 19.4. The molecule has 0 fully saturated rings. The minimum Gasteiger partial charge on any atom is -0.462 e. The van der Waals surface area contributed by atoms with Crippen molar-refractivity contribution in [3.8, 4) is 0 Å². The Bertz CT molecular complexity index is 1690. The normalized spacial score (nSPS) is 14.1. The molecule has 0 aromatic carbocycles. The van der Waals surface area contributed by atoms with Crippen LogP contribution in [-0.4, -0.2) is 96.7 Å². The van der Waals surface area contributed by atoms with Gasteiger partial charge in [0.25, 0.3) is 0 Å². The maximum Gasteiger partial charge on any atom is 0.472 e. The molecule has 0 aliphatic carbocycles. The van der Waals surface area contributed by atoms with Gasteiger partial charge in [-0.3, -0.25) is 37.3 Å². The summed E-state index contributed by atoms with van der Waals surface area (Å²) in [5, 5.41) is 10.5. The van der Waals surface area contributed by atoms with Crippen LogP contribution in [0.2, 0.25) is 0 Å². The molecule has 5 atom stereocenters. The molecule has 0 saturated heterocycles. The Morgan fingerprint density at radius 2 is 0.529 bits per heavy atom. The average molecular weight is 1280 g/mol. The summed E-state index contributed by atoms with van der Waals surface area (Å²) in [7, 11) is -9.89. The summed E-state index contributed by atoms with van der Waals surface area (Å²) < 4.78 is 68.0. The topological polar surface area (TPSA) is 237 Å². The SMILES string of the molecule is CCCCCCCCCCCCCCCCCCC(=O)O[C@H](COC(=O)CCCCCCCCCCCCCCCCC)COP(=O)(O)OC[C@@H](O)COP(=O)(O)OC[C@@H](COC(=O)CCCCCCC)OC(=O)CCCCCCCCCCC(C)C. The van der Waals surface area contributed by atoms with Gasteiger partial charge in [0, 0.05) is 25.7 Å². The van der Waals surface area contributed by atoms with E-state index in [0.29, 0.717) is 25.7 Å². The van der Waals surface area contributed by atoms with Gasteiger partial charge in [0.2, 0.25) is 0 Å². The number of phosphoric acid groups is 2. The number of rotatable bonds is 68. The first-order valence-electron chi connectivity index (χ1n) is 35.6. The number of aliphatic hydroxyl groups excluding tert-OH is 1. The number of phosphoric ester groups is 2. The Hall–Kier alpha value is -1.94. The fourth-order valence-electron chi connectivity index (χ4n) is 10.3. The molecule has 87 heavy (non-hydrogen) atoms. The first-order valence-corrected chi connectivity index (χ1v) is 38.6. The van der Waals surface area contributed by atoms with E-state index in [0.717, 1.165) is 102 Å². The second-order valence-electron chi connectivity index (χ2n) is 25.0. The molecule has 17 nitrogen and oxygen atoms in total. The highest BCUT2D eigenvalue weighted by atomic mass is 31.2. The number of carbonyl (C=O) groups excluding carboxylic acids is 4. The molecule has 0 saturated carbocycles. The Kier molecular flexibility index (Phi) is 60.2. The van der Waals surface area contributed by atoms with Gasteiger partial charge in [-0.2, -0.15) is 0 Å². The summed E-state index contributed by atoms with van der Waals surface area (Å²) >= 11 is 0. The smallest absolute Gasteiger partial charge is 0.462 e. The van der Waals surface area contributed by atoms with Crippen molar-refractivity contribution in [1.82, 2.24) is 0 Å². The minimum absolute atomic E-state index is 0.104. The zero-order valence-corrected chi connectivity index (χ0v) is 57.9. The van der Waals surface area contributed by atoms with E-state index in [1.807, 2.05) is 0 Å². The van der Waals surface area contributed by atoms with Crippen LogP contribution in [0.25, 0.3) is 0 Å². The quantitative estimate of drug-likeness (QED) is 0.0222. The van der Waals surface area contributed by atoms with E-state index in [9.17, 15) is 43.2 Å². The largest absolute Gasteiger partial charge is 0.472 e. The highest BCUT2D eigenvalue weighted by Crippen LogP contribution is 2.45. The zero-order chi connectivity index (χ0) is 64.2. The molecule has 19 heteroatoms. The lowest BCUT2D eigenvalue weighted by Gasteiger charge is -2.21. The van der Waals surface area contributed by atoms with Crippen LogP contribution in [0.15, 0.2) is 0 Å². The van der Waals surface area contributed by atoms with Gasteiger partial charge >= 0.3 is 39.5 Å². The number of esters is 4. The van der Waals surface area contributed by atoms with Crippen LogP contribution in [0.4, 0.5) is 0 Å². The monoisotopic (exact) mass is 1280 g/mol. The maximum atomic E-state index is 13.0. The predicted molar refractivity (Wildman–Crippen MR) is 349 cm³/mol. The lowest BCUT2D eigenvalue weighted by atomic mass is 10.0. The Morgan fingerprint density at radius 1 is 0.310 bits per heavy atom. The number of carbonyl (C=O) groups is 4. The number of hydrogen-bond acceptors (Lipinski definition) is 15. The van der Waals surface area contributed by atoms with Crippen LogP contribution < -0.4 is 0 Å². The van der Waals surface area contributed by atoms with Gasteiger partial charge in [-0.05, 0) is 31.6 Å². The van der Waals surface area contributed by atoms with Crippen molar-refractivity contribution < 1.29 is 80.2 Å². The molecule has 0 heterocycles. The van der Waals surface area contributed by atoms with Gasteiger partial charge in [-0.15, -0.1) is 0 Å². The van der Waals surface area contributed by atoms with E-state index in [1.165, 1.54) is 167 Å². The van der Waals surface area contributed by atoms with Crippen molar-refractivity contribution in [3.05, 3.63) is 0 Å². The molecule has 516 valence electrons. The van der Waals surface area contributed by atoms with Gasteiger partial charge in [0.15, 0.2) is 12.2 Å². The zero-order valence-electron chi connectivity index (χ0n) is 56.2. The van der Waals surface area contributed by atoms with Crippen molar-refractivity contribution in [2.45, 2.75) is 368 Å². The van der Waals surface area contributed by atoms with Crippen LogP contribution in [0.3, 0.4) is 0 Å². The third-order valence-electron chi connectivity index (χ3n) is 15.8. The summed E-state index contributed by atoms with van der Waals surface area (Å²) in [6.07, 6.45) is 47.6. The van der Waals surface area contributed by atoms with Gasteiger partial charge < -0.3 is 33.8 Å². The number of unbranched alkanes of at least 4 members (excludes halogenated alkanes) is 40. The molecular weight excluding hydrogens is 1150 g/mol. The molecular formula is C68H132O17P2. The summed E-state index contributed by atoms with van der Waals surface area (Å²) in [6, 6.07) is 0. The van der Waals surface area contributed by atoms with Crippen molar-refractivity contribution in [1.29, 1.82) is 0 Å². The van der Waals surface area contributed by atoms with Gasteiger partial charge in [-0.25, -0.2) is 9.13 Å². The first-order chi connectivity index (χ1) is 42.0. The summed E-state index contributed by atoms with van der Waals surface area (Å²) in [5.41, 5.74) is 0. The van der Waals surface area contributed by atoms with E-state index >= 15 is 0 Å². The molecule has 0 spiro atoms. The van der Waals surface area contributed by atoms with E-state index < -0.39 is 97.5 Å².